The molecule has 27 heavy (non-hydrogen) atoms. The van der Waals surface area contributed by atoms with Crippen LogP contribution in [0.2, 0.25) is 5.02 Å². The maximum Gasteiger partial charge on any atom is 0.350 e. The number of hydrogen-bond acceptors (Lipinski definition) is 5. The molecule has 2 aromatic heterocycles. The topological polar surface area (TPSA) is 94.2 Å². The lowest BCUT2D eigenvalue weighted by Gasteiger charge is -2.06. The number of fused-ring (bicyclic) bond motifs is 1. The zero-order chi connectivity index (χ0) is 19.2. The lowest BCUT2D eigenvalue weighted by atomic mass is 10.2. The van der Waals surface area contributed by atoms with E-state index >= 15 is 0 Å². The summed E-state index contributed by atoms with van der Waals surface area (Å²) in [5, 5.41) is 11.3. The lowest BCUT2D eigenvalue weighted by molar-refractivity contribution is 0.443. The number of aromatic hydroxyl groups is 1. The molecule has 0 amide bonds. The van der Waals surface area contributed by atoms with E-state index in [1.54, 1.807) is 6.07 Å². The summed E-state index contributed by atoms with van der Waals surface area (Å²) in [5.74, 6) is -0.705. The molecule has 0 fully saturated rings. The van der Waals surface area contributed by atoms with Crippen LogP contribution in [0.1, 0.15) is 0 Å². The van der Waals surface area contributed by atoms with Crippen LogP contribution < -0.4 is 5.69 Å². The molecule has 4 rings (SSSR count). The molecule has 136 valence electrons. The maximum atomic E-state index is 12.8. The molecule has 9 heteroatoms. The Bertz CT molecular complexity index is 1320. The third kappa shape index (κ3) is 2.88. The van der Waals surface area contributed by atoms with Crippen molar-refractivity contribution in [2.75, 3.05) is 0 Å². The fourth-order valence-corrected chi connectivity index (χ4v) is 4.14. The van der Waals surface area contributed by atoms with Gasteiger partial charge in [-0.3, -0.25) is 9.55 Å². The summed E-state index contributed by atoms with van der Waals surface area (Å²) in [5.41, 5.74) is 0.130. The van der Waals surface area contributed by atoms with Crippen molar-refractivity contribution in [1.82, 2.24) is 13.5 Å². The Balaban J connectivity index is 1.89. The van der Waals surface area contributed by atoms with Crippen molar-refractivity contribution >= 4 is 32.5 Å². The predicted octanol–water partition coefficient (Wildman–Crippen LogP) is 2.78. The van der Waals surface area contributed by atoms with Gasteiger partial charge in [-0.25, -0.2) is 13.2 Å². The fraction of sp³-hybridized carbons (Fsp3) is 0. The van der Waals surface area contributed by atoms with Crippen molar-refractivity contribution in [2.45, 2.75) is 4.90 Å². The van der Waals surface area contributed by atoms with E-state index in [1.165, 1.54) is 30.5 Å². The van der Waals surface area contributed by atoms with Crippen molar-refractivity contribution in [1.29, 1.82) is 0 Å². The number of halogens is 1. The van der Waals surface area contributed by atoms with Gasteiger partial charge in [-0.1, -0.05) is 29.8 Å². The molecule has 0 radical (unpaired) electrons. The predicted molar refractivity (Wildman–Crippen MR) is 101 cm³/mol. The van der Waals surface area contributed by atoms with Gasteiger partial charge in [0.25, 0.3) is 10.0 Å². The van der Waals surface area contributed by atoms with E-state index in [9.17, 15) is 18.3 Å². The number of para-hydroxylation sites is 1. The van der Waals surface area contributed by atoms with E-state index in [-0.39, 0.29) is 4.90 Å². The van der Waals surface area contributed by atoms with Crippen LogP contribution in [0.4, 0.5) is 0 Å². The monoisotopic (exact) mass is 401 g/mol. The Labute approximate surface area is 158 Å². The Morgan fingerprint density at radius 3 is 2.48 bits per heavy atom. The zero-order valence-electron chi connectivity index (χ0n) is 13.7. The highest BCUT2D eigenvalue weighted by atomic mass is 35.5. The van der Waals surface area contributed by atoms with Crippen LogP contribution in [0.15, 0.2) is 76.7 Å². The molecule has 0 aliphatic carbocycles. The number of aromatic nitrogens is 3. The van der Waals surface area contributed by atoms with Gasteiger partial charge in [-0.15, -0.1) is 3.97 Å². The molecular weight excluding hydrogens is 390 g/mol. The van der Waals surface area contributed by atoms with E-state index in [0.717, 1.165) is 21.7 Å². The van der Waals surface area contributed by atoms with Gasteiger partial charge in [0.15, 0.2) is 0 Å². The number of hydrogen-bond donors (Lipinski definition) is 1. The van der Waals surface area contributed by atoms with Crippen molar-refractivity contribution in [3.05, 3.63) is 82.5 Å². The molecule has 0 aliphatic heterocycles. The van der Waals surface area contributed by atoms with Crippen LogP contribution in [0, 0.1) is 0 Å². The minimum Gasteiger partial charge on any atom is -0.493 e. The van der Waals surface area contributed by atoms with Crippen molar-refractivity contribution in [2.24, 2.45) is 0 Å². The highest BCUT2D eigenvalue weighted by molar-refractivity contribution is 7.90. The van der Waals surface area contributed by atoms with Crippen LogP contribution in [-0.2, 0) is 10.0 Å². The first kappa shape index (κ1) is 17.3. The number of nitrogens with zero attached hydrogens (tertiary/aromatic N) is 3. The summed E-state index contributed by atoms with van der Waals surface area (Å²) in [6, 6.07) is 14.3. The van der Waals surface area contributed by atoms with Crippen LogP contribution in [0.5, 0.6) is 5.88 Å². The van der Waals surface area contributed by atoms with Crippen LogP contribution in [0.3, 0.4) is 0 Å². The minimum absolute atomic E-state index is 0.168. The quantitative estimate of drug-likeness (QED) is 0.569. The zero-order valence-corrected chi connectivity index (χ0v) is 15.2. The second kappa shape index (κ2) is 6.26. The molecule has 0 spiro atoms. The van der Waals surface area contributed by atoms with Gasteiger partial charge in [0.05, 0.1) is 28.5 Å². The highest BCUT2D eigenvalue weighted by Gasteiger charge is 2.25. The normalized spacial score (nSPS) is 11.7. The summed E-state index contributed by atoms with van der Waals surface area (Å²) >= 11 is 5.78. The number of imidazole rings is 1. The number of benzene rings is 2. The van der Waals surface area contributed by atoms with Gasteiger partial charge in [0, 0.05) is 10.4 Å². The average molecular weight is 402 g/mol. The van der Waals surface area contributed by atoms with Gasteiger partial charge in [0.2, 0.25) is 5.88 Å². The average Bonchev–Trinajstić information content (AvgIpc) is 2.96. The first-order valence-corrected chi connectivity index (χ1v) is 9.59. The molecule has 0 saturated carbocycles. The molecule has 1 N–H and O–H groups in total. The van der Waals surface area contributed by atoms with E-state index < -0.39 is 21.6 Å². The third-order valence-corrected chi connectivity index (χ3v) is 5.98. The molecule has 7 nitrogen and oxygen atoms in total. The SMILES string of the molecule is O=c1n(-c2cnc3ccccc3c2)cc(O)n1S(=O)(=O)c1ccc(Cl)cc1. The molecule has 2 heterocycles. The maximum absolute atomic E-state index is 12.8. The highest BCUT2D eigenvalue weighted by Crippen LogP contribution is 2.22. The number of rotatable bonds is 3. The van der Waals surface area contributed by atoms with Gasteiger partial charge < -0.3 is 5.11 Å². The van der Waals surface area contributed by atoms with E-state index in [4.69, 9.17) is 11.6 Å². The Kier molecular flexibility index (Phi) is 4.01. The molecule has 0 aliphatic rings. The van der Waals surface area contributed by atoms with E-state index in [0.29, 0.717) is 14.7 Å². The second-order valence-corrected chi connectivity index (χ2v) is 7.97. The Morgan fingerprint density at radius 2 is 1.74 bits per heavy atom. The summed E-state index contributed by atoms with van der Waals surface area (Å²) < 4.78 is 26.9. The molecular formula is C18H12ClN3O4S. The summed E-state index contributed by atoms with van der Waals surface area (Å²) in [4.78, 5) is 16.8. The molecule has 0 saturated heterocycles. The van der Waals surface area contributed by atoms with E-state index in [1.807, 2.05) is 24.3 Å². The van der Waals surface area contributed by atoms with Gasteiger partial charge in [-0.2, -0.15) is 0 Å². The van der Waals surface area contributed by atoms with Gasteiger partial charge >= 0.3 is 5.69 Å². The molecule has 2 aromatic carbocycles. The van der Waals surface area contributed by atoms with Gasteiger partial charge in [0.1, 0.15) is 0 Å². The minimum atomic E-state index is -4.29. The third-order valence-electron chi connectivity index (χ3n) is 4.04. The van der Waals surface area contributed by atoms with Crippen molar-refractivity contribution in [3.63, 3.8) is 0 Å². The standard InChI is InChI=1S/C18H12ClN3O4S/c19-13-5-7-15(8-6-13)27(25,26)22-17(23)11-21(18(22)24)14-9-12-3-1-2-4-16(12)20-10-14/h1-11,23H. The first-order chi connectivity index (χ1) is 12.9. The second-order valence-electron chi connectivity index (χ2n) is 5.75. The first-order valence-electron chi connectivity index (χ1n) is 7.77. The Morgan fingerprint density at radius 1 is 1.04 bits per heavy atom. The molecule has 4 aromatic rings. The van der Waals surface area contributed by atoms with Crippen molar-refractivity contribution in [3.8, 4) is 11.6 Å². The van der Waals surface area contributed by atoms with Crippen LogP contribution >= 0.6 is 11.6 Å². The summed E-state index contributed by atoms with van der Waals surface area (Å²) in [7, 11) is -4.29. The lowest BCUT2D eigenvalue weighted by Crippen LogP contribution is -2.28. The number of pyridine rings is 1. The fourth-order valence-electron chi connectivity index (χ4n) is 2.73. The summed E-state index contributed by atoms with van der Waals surface area (Å²) in [6.45, 7) is 0. The van der Waals surface area contributed by atoms with E-state index in [2.05, 4.69) is 4.98 Å². The van der Waals surface area contributed by atoms with Gasteiger partial charge in [-0.05, 0) is 36.4 Å². The molecule has 0 bridgehead atoms. The Hall–Kier alpha value is -3.10. The van der Waals surface area contributed by atoms with Crippen molar-refractivity contribution < 1.29 is 13.5 Å². The molecule has 0 unspecified atom stereocenters. The molecule has 0 atom stereocenters. The summed E-state index contributed by atoms with van der Waals surface area (Å²) in [6.07, 6.45) is 2.48. The largest absolute Gasteiger partial charge is 0.493 e. The van der Waals surface area contributed by atoms with Crippen LogP contribution in [0.25, 0.3) is 16.6 Å². The van der Waals surface area contributed by atoms with Crippen LogP contribution in [-0.4, -0.2) is 27.0 Å². The smallest absolute Gasteiger partial charge is 0.350 e.